The SMILES string of the molecule is C[C@@H]1CN(CC(=O)Nc2ccccc2I)CCN1. The summed E-state index contributed by atoms with van der Waals surface area (Å²) in [6, 6.07) is 8.28. The van der Waals surface area contributed by atoms with Crippen LogP contribution in [0.5, 0.6) is 0 Å². The second-order valence-corrected chi connectivity index (χ2v) is 5.78. The van der Waals surface area contributed by atoms with Gasteiger partial charge in [0.1, 0.15) is 0 Å². The van der Waals surface area contributed by atoms with Crippen molar-refractivity contribution < 1.29 is 4.79 Å². The molecule has 0 radical (unpaired) electrons. The van der Waals surface area contributed by atoms with Gasteiger partial charge in [-0.2, -0.15) is 0 Å². The van der Waals surface area contributed by atoms with E-state index in [2.05, 4.69) is 45.0 Å². The summed E-state index contributed by atoms with van der Waals surface area (Å²) in [7, 11) is 0. The molecule has 1 heterocycles. The van der Waals surface area contributed by atoms with E-state index in [0.29, 0.717) is 12.6 Å². The Morgan fingerprint density at radius 2 is 2.33 bits per heavy atom. The van der Waals surface area contributed by atoms with E-state index in [0.717, 1.165) is 28.9 Å². The Hall–Kier alpha value is -0.660. The van der Waals surface area contributed by atoms with Crippen LogP contribution in [0, 0.1) is 3.57 Å². The van der Waals surface area contributed by atoms with Crippen molar-refractivity contribution in [3.63, 3.8) is 0 Å². The molecule has 2 rings (SSSR count). The van der Waals surface area contributed by atoms with Crippen molar-refractivity contribution in [3.05, 3.63) is 27.8 Å². The Morgan fingerprint density at radius 1 is 1.56 bits per heavy atom. The average molecular weight is 359 g/mol. The van der Waals surface area contributed by atoms with E-state index in [-0.39, 0.29) is 5.91 Å². The second kappa shape index (κ2) is 6.49. The molecule has 1 fully saturated rings. The van der Waals surface area contributed by atoms with Crippen LogP contribution in [0.1, 0.15) is 6.92 Å². The molecule has 0 bridgehead atoms. The topological polar surface area (TPSA) is 44.4 Å². The minimum Gasteiger partial charge on any atom is -0.324 e. The van der Waals surface area contributed by atoms with Crippen LogP contribution >= 0.6 is 22.6 Å². The molecule has 0 unspecified atom stereocenters. The van der Waals surface area contributed by atoms with E-state index < -0.39 is 0 Å². The summed E-state index contributed by atoms with van der Waals surface area (Å²) in [5.41, 5.74) is 0.895. The standard InChI is InChI=1S/C13H18IN3O/c1-10-8-17(7-6-15-10)9-13(18)16-12-5-3-2-4-11(12)14/h2-5,10,15H,6-9H2,1H3,(H,16,18)/t10-/m1/s1. The molecule has 98 valence electrons. The molecule has 1 aromatic carbocycles. The minimum absolute atomic E-state index is 0.0632. The van der Waals surface area contributed by atoms with Gasteiger partial charge >= 0.3 is 0 Å². The number of hydrogen-bond donors (Lipinski definition) is 2. The van der Waals surface area contributed by atoms with E-state index in [9.17, 15) is 4.79 Å². The van der Waals surface area contributed by atoms with Gasteiger partial charge in [-0.1, -0.05) is 12.1 Å². The quantitative estimate of drug-likeness (QED) is 0.805. The van der Waals surface area contributed by atoms with E-state index in [1.807, 2.05) is 24.3 Å². The maximum Gasteiger partial charge on any atom is 0.238 e. The molecule has 1 amide bonds. The Labute approximate surface area is 121 Å². The molecule has 2 N–H and O–H groups in total. The van der Waals surface area contributed by atoms with Crippen LogP contribution in [0.15, 0.2) is 24.3 Å². The zero-order valence-electron chi connectivity index (χ0n) is 10.4. The lowest BCUT2D eigenvalue weighted by Crippen LogP contribution is -2.51. The molecule has 5 heteroatoms. The van der Waals surface area contributed by atoms with Crippen LogP contribution in [0.4, 0.5) is 5.69 Å². The molecule has 0 spiro atoms. The van der Waals surface area contributed by atoms with Crippen LogP contribution in [-0.2, 0) is 4.79 Å². The molecule has 0 saturated carbocycles. The van der Waals surface area contributed by atoms with E-state index in [1.54, 1.807) is 0 Å². The van der Waals surface area contributed by atoms with Crippen LogP contribution in [0.3, 0.4) is 0 Å². The van der Waals surface area contributed by atoms with E-state index in [1.165, 1.54) is 0 Å². The van der Waals surface area contributed by atoms with Crippen molar-refractivity contribution in [3.8, 4) is 0 Å². The Balaban J connectivity index is 1.87. The number of nitrogens with one attached hydrogen (secondary N) is 2. The van der Waals surface area contributed by atoms with Gasteiger partial charge in [-0.05, 0) is 41.6 Å². The normalized spacial score (nSPS) is 20.7. The molecule has 1 aromatic rings. The van der Waals surface area contributed by atoms with Crippen molar-refractivity contribution in [2.75, 3.05) is 31.5 Å². The number of amides is 1. The molecular weight excluding hydrogens is 341 g/mol. The fourth-order valence-corrected chi connectivity index (χ4v) is 2.63. The maximum atomic E-state index is 12.0. The minimum atomic E-state index is 0.0632. The monoisotopic (exact) mass is 359 g/mol. The number of anilines is 1. The van der Waals surface area contributed by atoms with Gasteiger partial charge in [0.25, 0.3) is 0 Å². The number of carbonyl (C=O) groups is 1. The van der Waals surface area contributed by atoms with Gasteiger partial charge in [-0.25, -0.2) is 0 Å². The van der Waals surface area contributed by atoms with Gasteiger partial charge in [-0.3, -0.25) is 9.69 Å². The lowest BCUT2D eigenvalue weighted by atomic mass is 10.2. The number of para-hydroxylation sites is 1. The molecule has 1 atom stereocenters. The van der Waals surface area contributed by atoms with Gasteiger partial charge in [-0.15, -0.1) is 0 Å². The third-order valence-electron chi connectivity index (χ3n) is 2.97. The fraction of sp³-hybridized carbons (Fsp3) is 0.462. The van der Waals surface area contributed by atoms with E-state index in [4.69, 9.17) is 0 Å². The van der Waals surface area contributed by atoms with Gasteiger partial charge < -0.3 is 10.6 Å². The summed E-state index contributed by atoms with van der Waals surface area (Å²) in [5.74, 6) is 0.0632. The molecule has 4 nitrogen and oxygen atoms in total. The molecular formula is C13H18IN3O. The highest BCUT2D eigenvalue weighted by Gasteiger charge is 2.18. The Kier molecular flexibility index (Phi) is 4.96. The third-order valence-corrected chi connectivity index (χ3v) is 3.91. The fourth-order valence-electron chi connectivity index (χ4n) is 2.11. The number of carbonyl (C=O) groups excluding carboxylic acids is 1. The molecule has 0 aromatic heterocycles. The number of piperazine rings is 1. The zero-order chi connectivity index (χ0) is 13.0. The molecule has 0 aliphatic carbocycles. The molecule has 18 heavy (non-hydrogen) atoms. The smallest absolute Gasteiger partial charge is 0.238 e. The maximum absolute atomic E-state index is 12.0. The van der Waals surface area contributed by atoms with Crippen molar-refractivity contribution >= 4 is 34.2 Å². The summed E-state index contributed by atoms with van der Waals surface area (Å²) in [6.07, 6.45) is 0. The van der Waals surface area contributed by atoms with Crippen molar-refractivity contribution in [2.45, 2.75) is 13.0 Å². The van der Waals surface area contributed by atoms with Crippen LogP contribution < -0.4 is 10.6 Å². The summed E-state index contributed by atoms with van der Waals surface area (Å²) in [5, 5.41) is 6.33. The number of benzene rings is 1. The summed E-state index contributed by atoms with van der Waals surface area (Å²) in [6.45, 7) is 5.43. The van der Waals surface area contributed by atoms with Gasteiger partial charge in [0, 0.05) is 29.2 Å². The number of nitrogens with zero attached hydrogens (tertiary/aromatic N) is 1. The molecule has 1 aliphatic heterocycles. The highest BCUT2D eigenvalue weighted by molar-refractivity contribution is 14.1. The first kappa shape index (κ1) is 13.8. The second-order valence-electron chi connectivity index (χ2n) is 4.62. The van der Waals surface area contributed by atoms with E-state index >= 15 is 0 Å². The number of rotatable bonds is 3. The highest BCUT2D eigenvalue weighted by Crippen LogP contribution is 2.16. The van der Waals surface area contributed by atoms with Crippen LogP contribution in [0.2, 0.25) is 0 Å². The first-order chi connectivity index (χ1) is 8.65. The predicted molar refractivity (Wildman–Crippen MR) is 81.7 cm³/mol. The average Bonchev–Trinajstić information content (AvgIpc) is 2.32. The summed E-state index contributed by atoms with van der Waals surface area (Å²) in [4.78, 5) is 14.1. The van der Waals surface area contributed by atoms with Crippen molar-refractivity contribution in [1.29, 1.82) is 0 Å². The lowest BCUT2D eigenvalue weighted by molar-refractivity contribution is -0.117. The number of hydrogen-bond acceptors (Lipinski definition) is 3. The molecule has 1 aliphatic rings. The first-order valence-electron chi connectivity index (χ1n) is 6.15. The van der Waals surface area contributed by atoms with Gasteiger partial charge in [0.05, 0.1) is 12.2 Å². The summed E-state index contributed by atoms with van der Waals surface area (Å²) >= 11 is 2.23. The molecule has 1 saturated heterocycles. The predicted octanol–water partition coefficient (Wildman–Crippen LogP) is 1.52. The van der Waals surface area contributed by atoms with Crippen LogP contribution in [0.25, 0.3) is 0 Å². The highest BCUT2D eigenvalue weighted by atomic mass is 127. The largest absolute Gasteiger partial charge is 0.324 e. The Morgan fingerprint density at radius 3 is 3.06 bits per heavy atom. The lowest BCUT2D eigenvalue weighted by Gasteiger charge is -2.31. The third kappa shape index (κ3) is 3.93. The van der Waals surface area contributed by atoms with Crippen molar-refractivity contribution in [1.82, 2.24) is 10.2 Å². The number of halogens is 1. The Bertz CT molecular complexity index is 424. The summed E-state index contributed by atoms with van der Waals surface area (Å²) < 4.78 is 1.07. The van der Waals surface area contributed by atoms with Gasteiger partial charge in [0.2, 0.25) is 5.91 Å². The zero-order valence-corrected chi connectivity index (χ0v) is 12.6. The van der Waals surface area contributed by atoms with Crippen molar-refractivity contribution in [2.24, 2.45) is 0 Å². The van der Waals surface area contributed by atoms with Gasteiger partial charge in [0.15, 0.2) is 0 Å². The van der Waals surface area contributed by atoms with Crippen LogP contribution in [-0.4, -0.2) is 43.0 Å². The first-order valence-corrected chi connectivity index (χ1v) is 7.23.